The average Bonchev–Trinajstić information content (AvgIpc) is 2.55. The maximum atomic E-state index is 12.7. The van der Waals surface area contributed by atoms with Crippen LogP contribution in [-0.2, 0) is 6.42 Å². The number of aryl methyl sites for hydroxylation is 1. The molecule has 0 N–H and O–H groups in total. The summed E-state index contributed by atoms with van der Waals surface area (Å²) in [7, 11) is 0. The molecule has 3 aromatic rings. The van der Waals surface area contributed by atoms with E-state index in [4.69, 9.17) is 0 Å². The van der Waals surface area contributed by atoms with E-state index < -0.39 is 0 Å². The third-order valence-corrected chi connectivity index (χ3v) is 3.79. The van der Waals surface area contributed by atoms with Gasteiger partial charge in [0.05, 0.1) is 0 Å². The Kier molecular flexibility index (Phi) is 3.83. The number of carbonyl (C=O) groups excluding carboxylic acids is 1. The lowest BCUT2D eigenvalue weighted by molar-refractivity contribution is 0.104. The summed E-state index contributed by atoms with van der Waals surface area (Å²) in [4.78, 5) is 12.7. The lowest BCUT2D eigenvalue weighted by Crippen LogP contribution is -2.02. The smallest absolute Gasteiger partial charge is 0.193 e. The van der Waals surface area contributed by atoms with Gasteiger partial charge in [-0.25, -0.2) is 0 Å². The van der Waals surface area contributed by atoms with Crippen LogP contribution in [0.15, 0.2) is 66.7 Å². The normalized spacial score (nSPS) is 10.7. The van der Waals surface area contributed by atoms with Crippen molar-refractivity contribution >= 4 is 16.6 Å². The maximum Gasteiger partial charge on any atom is 0.193 e. The van der Waals surface area contributed by atoms with Crippen LogP contribution in [0.4, 0.5) is 0 Å². The molecule has 1 nitrogen and oxygen atoms in total. The summed E-state index contributed by atoms with van der Waals surface area (Å²) in [6.07, 6.45) is 2.18. The summed E-state index contributed by atoms with van der Waals surface area (Å²) in [5, 5.41) is 2.12. The van der Waals surface area contributed by atoms with Crippen molar-refractivity contribution in [2.75, 3.05) is 0 Å². The molecule has 0 radical (unpaired) electrons. The molecule has 0 unspecified atom stereocenters. The highest BCUT2D eigenvalue weighted by Gasteiger charge is 2.11. The van der Waals surface area contributed by atoms with Crippen molar-refractivity contribution in [3.05, 3.63) is 83.4 Å². The molecule has 0 bridgehead atoms. The van der Waals surface area contributed by atoms with Crippen molar-refractivity contribution in [1.82, 2.24) is 0 Å². The van der Waals surface area contributed by atoms with Gasteiger partial charge in [0, 0.05) is 11.1 Å². The molecule has 0 aromatic heterocycles. The first-order valence-corrected chi connectivity index (χ1v) is 7.41. The number of fused-ring (bicyclic) bond motifs is 1. The van der Waals surface area contributed by atoms with E-state index in [1.54, 1.807) is 0 Å². The predicted molar refractivity (Wildman–Crippen MR) is 87.8 cm³/mol. The molecule has 1 heteroatoms. The summed E-state index contributed by atoms with van der Waals surface area (Å²) >= 11 is 0. The molecule has 0 amide bonds. The molecule has 0 atom stereocenters. The molecule has 21 heavy (non-hydrogen) atoms. The molecule has 3 aromatic carbocycles. The topological polar surface area (TPSA) is 17.1 Å². The molecule has 0 fully saturated rings. The van der Waals surface area contributed by atoms with Gasteiger partial charge in [-0.15, -0.1) is 0 Å². The van der Waals surface area contributed by atoms with Crippen LogP contribution in [-0.4, -0.2) is 5.78 Å². The van der Waals surface area contributed by atoms with E-state index >= 15 is 0 Å². The highest BCUT2D eigenvalue weighted by atomic mass is 16.1. The van der Waals surface area contributed by atoms with E-state index in [-0.39, 0.29) is 5.78 Å². The molecule has 0 aliphatic carbocycles. The monoisotopic (exact) mass is 274 g/mol. The summed E-state index contributed by atoms with van der Waals surface area (Å²) in [6, 6.07) is 21.9. The molecule has 0 spiro atoms. The van der Waals surface area contributed by atoms with Gasteiger partial charge in [-0.05, 0) is 22.8 Å². The third kappa shape index (κ3) is 2.73. The first kappa shape index (κ1) is 13.6. The van der Waals surface area contributed by atoms with Crippen LogP contribution in [0.25, 0.3) is 10.8 Å². The van der Waals surface area contributed by atoms with Gasteiger partial charge in [-0.1, -0.05) is 80.1 Å². The van der Waals surface area contributed by atoms with Crippen LogP contribution in [0.3, 0.4) is 0 Å². The Labute approximate surface area is 125 Å². The van der Waals surface area contributed by atoms with Gasteiger partial charge in [0.1, 0.15) is 0 Å². The quantitative estimate of drug-likeness (QED) is 0.610. The Bertz CT molecular complexity index is 764. The molecule has 3 rings (SSSR count). The largest absolute Gasteiger partial charge is 0.289 e. The first-order chi connectivity index (χ1) is 10.3. The van der Waals surface area contributed by atoms with Crippen molar-refractivity contribution in [3.8, 4) is 0 Å². The van der Waals surface area contributed by atoms with Crippen LogP contribution in [0, 0.1) is 0 Å². The highest BCUT2D eigenvalue weighted by Crippen LogP contribution is 2.21. The Balaban J connectivity index is 2.00. The number of ketones is 1. The summed E-state index contributed by atoms with van der Waals surface area (Å²) in [5.74, 6) is 0.0925. The fourth-order valence-electron chi connectivity index (χ4n) is 2.69. The van der Waals surface area contributed by atoms with Crippen LogP contribution < -0.4 is 0 Å². The van der Waals surface area contributed by atoms with Crippen molar-refractivity contribution in [2.45, 2.75) is 19.8 Å². The number of hydrogen-bond acceptors (Lipinski definition) is 1. The predicted octanol–water partition coefficient (Wildman–Crippen LogP) is 5.02. The van der Waals surface area contributed by atoms with E-state index in [1.807, 2.05) is 54.6 Å². The second-order valence-electron chi connectivity index (χ2n) is 5.30. The standard InChI is InChI=1S/C20H18O/c1-2-6-15-11-13-17(14-12-15)20(21)19-10-5-8-16-7-3-4-9-18(16)19/h3-5,7-14H,2,6H2,1H3. The van der Waals surface area contributed by atoms with E-state index in [0.29, 0.717) is 0 Å². The Hall–Kier alpha value is -2.41. The Morgan fingerprint density at radius 2 is 1.57 bits per heavy atom. The number of rotatable bonds is 4. The SMILES string of the molecule is CCCc1ccc(C(=O)c2cccc3ccccc23)cc1. The van der Waals surface area contributed by atoms with Crippen LogP contribution in [0.2, 0.25) is 0 Å². The fourth-order valence-corrected chi connectivity index (χ4v) is 2.69. The second-order valence-corrected chi connectivity index (χ2v) is 5.30. The number of hydrogen-bond donors (Lipinski definition) is 0. The molecule has 0 saturated heterocycles. The summed E-state index contributed by atoms with van der Waals surface area (Å²) in [6.45, 7) is 2.16. The van der Waals surface area contributed by atoms with Gasteiger partial charge in [-0.2, -0.15) is 0 Å². The first-order valence-electron chi connectivity index (χ1n) is 7.41. The van der Waals surface area contributed by atoms with Gasteiger partial charge in [0.2, 0.25) is 0 Å². The van der Waals surface area contributed by atoms with Gasteiger partial charge in [0.15, 0.2) is 5.78 Å². The molecule has 0 aliphatic heterocycles. The molecule has 0 heterocycles. The van der Waals surface area contributed by atoms with Crippen molar-refractivity contribution in [2.24, 2.45) is 0 Å². The van der Waals surface area contributed by atoms with E-state index in [9.17, 15) is 4.79 Å². The second kappa shape index (κ2) is 5.92. The minimum atomic E-state index is 0.0925. The van der Waals surface area contributed by atoms with Gasteiger partial charge in [0.25, 0.3) is 0 Å². The maximum absolute atomic E-state index is 12.7. The van der Waals surface area contributed by atoms with E-state index in [0.717, 1.165) is 34.7 Å². The summed E-state index contributed by atoms with van der Waals surface area (Å²) < 4.78 is 0. The lowest BCUT2D eigenvalue weighted by atomic mass is 9.96. The molecule has 0 saturated carbocycles. The molecule has 0 aliphatic rings. The third-order valence-electron chi connectivity index (χ3n) is 3.79. The zero-order chi connectivity index (χ0) is 14.7. The number of benzene rings is 3. The van der Waals surface area contributed by atoms with Crippen LogP contribution >= 0.6 is 0 Å². The van der Waals surface area contributed by atoms with E-state index in [2.05, 4.69) is 19.1 Å². The minimum absolute atomic E-state index is 0.0925. The zero-order valence-electron chi connectivity index (χ0n) is 12.2. The number of carbonyl (C=O) groups is 1. The fraction of sp³-hybridized carbons (Fsp3) is 0.150. The van der Waals surface area contributed by atoms with Gasteiger partial charge in [-0.3, -0.25) is 4.79 Å². The molecule has 104 valence electrons. The zero-order valence-corrected chi connectivity index (χ0v) is 12.2. The van der Waals surface area contributed by atoms with Gasteiger partial charge >= 0.3 is 0 Å². The average molecular weight is 274 g/mol. The van der Waals surface area contributed by atoms with Crippen molar-refractivity contribution in [1.29, 1.82) is 0 Å². The van der Waals surface area contributed by atoms with E-state index in [1.165, 1.54) is 5.56 Å². The summed E-state index contributed by atoms with van der Waals surface area (Å²) in [5.41, 5.74) is 2.81. The van der Waals surface area contributed by atoms with Gasteiger partial charge < -0.3 is 0 Å². The van der Waals surface area contributed by atoms with Crippen molar-refractivity contribution < 1.29 is 4.79 Å². The Morgan fingerprint density at radius 3 is 2.33 bits per heavy atom. The molecular formula is C20H18O. The van der Waals surface area contributed by atoms with Crippen molar-refractivity contribution in [3.63, 3.8) is 0 Å². The Morgan fingerprint density at radius 1 is 0.857 bits per heavy atom. The highest BCUT2D eigenvalue weighted by molar-refractivity contribution is 6.16. The van der Waals surface area contributed by atoms with Crippen LogP contribution in [0.5, 0.6) is 0 Å². The minimum Gasteiger partial charge on any atom is -0.289 e. The lowest BCUT2D eigenvalue weighted by Gasteiger charge is -2.07. The molecular weight excluding hydrogens is 256 g/mol. The van der Waals surface area contributed by atoms with Crippen LogP contribution in [0.1, 0.15) is 34.8 Å².